The van der Waals surface area contributed by atoms with E-state index in [1.807, 2.05) is 18.2 Å². The average molecular weight is 159 g/mol. The first kappa shape index (κ1) is 9.11. The van der Waals surface area contributed by atoms with Crippen LogP contribution in [0.4, 0.5) is 0 Å². The van der Waals surface area contributed by atoms with E-state index in [1.165, 1.54) is 11.5 Å². The Hall–Kier alpha value is -0.890. The number of rotatable bonds is 0. The Kier molecular flexibility index (Phi) is 3.65. The monoisotopic (exact) mass is 158 g/mol. The number of carbonyl (C=O) groups is 1. The van der Waals surface area contributed by atoms with E-state index in [9.17, 15) is 4.79 Å². The Morgan fingerprint density at radius 3 is 2.00 bits per heavy atom. The standard InChI is InChI=1S/C7H8NO.ClH/c1-7(9)8-5-3-2-4-6-8;/h2-6H,1H3;1H/q+1;. The SMILES string of the molecule is CC(=O)[n+]1ccccc1.Cl. The maximum atomic E-state index is 10.6. The van der Waals surface area contributed by atoms with Gasteiger partial charge in [0, 0.05) is 12.1 Å². The maximum Gasteiger partial charge on any atom is 0.389 e. The molecule has 0 aromatic carbocycles. The van der Waals surface area contributed by atoms with Crippen LogP contribution >= 0.6 is 12.4 Å². The Balaban J connectivity index is 0.000000810. The molecular formula is C7H9ClNO+. The predicted octanol–water partition coefficient (Wildman–Crippen LogP) is 1.06. The summed E-state index contributed by atoms with van der Waals surface area (Å²) in [5.41, 5.74) is 0. The number of hydrogen-bond donors (Lipinski definition) is 0. The second kappa shape index (κ2) is 4.01. The van der Waals surface area contributed by atoms with Crippen LogP contribution in [0.2, 0.25) is 0 Å². The van der Waals surface area contributed by atoms with Crippen molar-refractivity contribution in [3.05, 3.63) is 30.6 Å². The van der Waals surface area contributed by atoms with Crippen molar-refractivity contribution < 1.29 is 9.36 Å². The van der Waals surface area contributed by atoms with Gasteiger partial charge in [0.15, 0.2) is 12.4 Å². The van der Waals surface area contributed by atoms with Gasteiger partial charge >= 0.3 is 5.91 Å². The molecule has 0 radical (unpaired) electrons. The fourth-order valence-electron chi connectivity index (χ4n) is 0.609. The molecule has 0 unspecified atom stereocenters. The van der Waals surface area contributed by atoms with Gasteiger partial charge < -0.3 is 0 Å². The highest BCUT2D eigenvalue weighted by atomic mass is 35.5. The number of carbonyl (C=O) groups excluding carboxylic acids is 1. The molecule has 1 aromatic rings. The van der Waals surface area contributed by atoms with Gasteiger partial charge in [-0.3, -0.25) is 0 Å². The summed E-state index contributed by atoms with van der Waals surface area (Å²) in [4.78, 5) is 10.6. The number of halogens is 1. The van der Waals surface area contributed by atoms with Gasteiger partial charge in [-0.25, -0.2) is 4.79 Å². The minimum atomic E-state index is 0. The Morgan fingerprint density at radius 1 is 1.20 bits per heavy atom. The number of pyridine rings is 1. The molecule has 1 heterocycles. The van der Waals surface area contributed by atoms with Crippen LogP contribution < -0.4 is 4.57 Å². The van der Waals surface area contributed by atoms with E-state index in [1.54, 1.807) is 12.4 Å². The second-order valence-electron chi connectivity index (χ2n) is 1.80. The van der Waals surface area contributed by atoms with Crippen molar-refractivity contribution >= 4 is 18.3 Å². The van der Waals surface area contributed by atoms with E-state index in [2.05, 4.69) is 0 Å². The molecule has 0 aliphatic carbocycles. The third kappa shape index (κ3) is 2.15. The van der Waals surface area contributed by atoms with Crippen molar-refractivity contribution in [2.24, 2.45) is 0 Å². The smallest absolute Gasteiger partial charge is 0.220 e. The Morgan fingerprint density at radius 2 is 1.70 bits per heavy atom. The molecule has 3 heteroatoms. The van der Waals surface area contributed by atoms with E-state index in [-0.39, 0.29) is 18.3 Å². The van der Waals surface area contributed by atoms with Crippen LogP contribution in [0.3, 0.4) is 0 Å². The first-order valence-corrected chi connectivity index (χ1v) is 2.78. The van der Waals surface area contributed by atoms with Crippen LogP contribution in [0.1, 0.15) is 11.7 Å². The van der Waals surface area contributed by atoms with Gasteiger partial charge in [-0.05, 0) is 0 Å². The third-order valence-corrected chi connectivity index (χ3v) is 1.08. The summed E-state index contributed by atoms with van der Waals surface area (Å²) in [6.45, 7) is 1.53. The lowest BCUT2D eigenvalue weighted by molar-refractivity contribution is -0.572. The minimum Gasteiger partial charge on any atom is -0.220 e. The average Bonchev–Trinajstić information content (AvgIpc) is 1.90. The molecule has 0 bridgehead atoms. The molecule has 0 aliphatic heterocycles. The highest BCUT2D eigenvalue weighted by Gasteiger charge is 2.01. The zero-order chi connectivity index (χ0) is 6.69. The molecule has 1 rings (SSSR count). The largest absolute Gasteiger partial charge is 0.389 e. The Labute approximate surface area is 65.9 Å². The van der Waals surface area contributed by atoms with Crippen molar-refractivity contribution in [3.8, 4) is 0 Å². The second-order valence-corrected chi connectivity index (χ2v) is 1.80. The van der Waals surface area contributed by atoms with E-state index >= 15 is 0 Å². The van der Waals surface area contributed by atoms with Gasteiger partial charge in [-0.2, -0.15) is 0 Å². The lowest BCUT2D eigenvalue weighted by atomic mass is 10.5. The van der Waals surface area contributed by atoms with Gasteiger partial charge in [0.1, 0.15) is 0 Å². The molecule has 0 fully saturated rings. The fraction of sp³-hybridized carbons (Fsp3) is 0.143. The van der Waals surface area contributed by atoms with Crippen molar-refractivity contribution in [1.82, 2.24) is 0 Å². The van der Waals surface area contributed by atoms with Crippen LogP contribution in [0.25, 0.3) is 0 Å². The maximum absolute atomic E-state index is 10.6. The molecule has 0 saturated carbocycles. The quantitative estimate of drug-likeness (QED) is 0.518. The molecule has 54 valence electrons. The van der Waals surface area contributed by atoms with E-state index in [4.69, 9.17) is 0 Å². The van der Waals surface area contributed by atoms with Crippen LogP contribution in [0.15, 0.2) is 30.6 Å². The summed E-state index contributed by atoms with van der Waals surface area (Å²) in [6, 6.07) is 5.52. The van der Waals surface area contributed by atoms with Gasteiger partial charge in [0.05, 0.1) is 6.92 Å². The molecule has 0 atom stereocenters. The molecule has 0 N–H and O–H groups in total. The molecular weight excluding hydrogens is 150 g/mol. The van der Waals surface area contributed by atoms with Crippen LogP contribution in [-0.4, -0.2) is 5.91 Å². The van der Waals surface area contributed by atoms with Crippen LogP contribution in [0.5, 0.6) is 0 Å². The molecule has 2 nitrogen and oxygen atoms in total. The molecule has 0 saturated heterocycles. The molecule has 0 spiro atoms. The fourth-order valence-corrected chi connectivity index (χ4v) is 0.609. The number of nitrogens with zero attached hydrogens (tertiary/aromatic N) is 1. The third-order valence-electron chi connectivity index (χ3n) is 1.08. The summed E-state index contributed by atoms with van der Waals surface area (Å²) >= 11 is 0. The lowest BCUT2D eigenvalue weighted by Gasteiger charge is -1.83. The highest BCUT2D eigenvalue weighted by molar-refractivity contribution is 5.85. The molecule has 0 aliphatic rings. The summed E-state index contributed by atoms with van der Waals surface area (Å²) in [6.07, 6.45) is 3.45. The lowest BCUT2D eigenvalue weighted by Crippen LogP contribution is -2.38. The number of aromatic nitrogens is 1. The van der Waals surface area contributed by atoms with E-state index in [0.29, 0.717) is 0 Å². The molecule has 10 heavy (non-hydrogen) atoms. The normalized spacial score (nSPS) is 8.10. The topological polar surface area (TPSA) is 20.9 Å². The molecule has 1 aromatic heterocycles. The van der Waals surface area contributed by atoms with Gasteiger partial charge in [0.25, 0.3) is 0 Å². The van der Waals surface area contributed by atoms with Gasteiger partial charge in [0.2, 0.25) is 0 Å². The zero-order valence-electron chi connectivity index (χ0n) is 5.65. The van der Waals surface area contributed by atoms with Gasteiger partial charge in [-0.1, -0.05) is 6.07 Å². The van der Waals surface area contributed by atoms with Gasteiger partial charge in [-0.15, -0.1) is 17.0 Å². The highest BCUT2D eigenvalue weighted by Crippen LogP contribution is 1.75. The molecule has 0 amide bonds. The first-order chi connectivity index (χ1) is 4.30. The van der Waals surface area contributed by atoms with E-state index < -0.39 is 0 Å². The van der Waals surface area contributed by atoms with Crippen LogP contribution in [-0.2, 0) is 0 Å². The van der Waals surface area contributed by atoms with E-state index in [0.717, 1.165) is 0 Å². The summed E-state index contributed by atoms with van der Waals surface area (Å²) in [5, 5.41) is 0. The predicted molar refractivity (Wildman–Crippen MR) is 40.2 cm³/mol. The van der Waals surface area contributed by atoms with Crippen molar-refractivity contribution in [2.45, 2.75) is 6.92 Å². The first-order valence-electron chi connectivity index (χ1n) is 2.78. The zero-order valence-corrected chi connectivity index (χ0v) is 6.47. The summed E-state index contributed by atoms with van der Waals surface area (Å²) in [5.74, 6) is 0.0376. The minimum absolute atomic E-state index is 0. The summed E-state index contributed by atoms with van der Waals surface area (Å²) < 4.78 is 1.53. The number of hydrogen-bond acceptors (Lipinski definition) is 1. The van der Waals surface area contributed by atoms with Crippen molar-refractivity contribution in [3.63, 3.8) is 0 Å². The Bertz CT molecular complexity index is 210. The van der Waals surface area contributed by atoms with Crippen molar-refractivity contribution in [2.75, 3.05) is 0 Å². The van der Waals surface area contributed by atoms with Crippen molar-refractivity contribution in [1.29, 1.82) is 0 Å². The summed E-state index contributed by atoms with van der Waals surface area (Å²) in [7, 11) is 0. The van der Waals surface area contributed by atoms with Crippen LogP contribution in [0, 0.1) is 0 Å².